The van der Waals surface area contributed by atoms with Crippen LogP contribution < -0.4 is 0 Å². The molecule has 0 aliphatic rings. The second-order valence-electron chi connectivity index (χ2n) is 6.52. The molecular weight excluding hydrogens is 258 g/mol. The predicted molar refractivity (Wildman–Crippen MR) is 92.8 cm³/mol. The van der Waals surface area contributed by atoms with Gasteiger partial charge in [-0.25, -0.2) is 0 Å². The van der Waals surface area contributed by atoms with E-state index in [2.05, 4.69) is 60.6 Å². The molecule has 3 heteroatoms. The van der Waals surface area contributed by atoms with Crippen LogP contribution in [0.1, 0.15) is 68.1 Å². The molecular formula is C17H27LiOP. The van der Waals surface area contributed by atoms with Gasteiger partial charge in [0.15, 0.2) is 5.52 Å². The van der Waals surface area contributed by atoms with Gasteiger partial charge >= 0.3 is 0 Å². The van der Waals surface area contributed by atoms with E-state index in [1.54, 1.807) is 0 Å². The SMILES string of the molecule is CCC(C)PC(=O)c1c(C)cc(C(C)(C)C)cc1C.[Li]. The predicted octanol–water partition coefficient (Wildman–Crippen LogP) is 4.84. The number of carbonyl (C=O) groups excluding carboxylic acids is 1. The van der Waals surface area contributed by atoms with E-state index in [0.29, 0.717) is 19.8 Å². The summed E-state index contributed by atoms with van der Waals surface area (Å²) in [6.45, 7) is 15.1. The fourth-order valence-corrected chi connectivity index (χ4v) is 3.34. The molecule has 0 aliphatic carbocycles. The van der Waals surface area contributed by atoms with Crippen LogP contribution in [0.2, 0.25) is 0 Å². The van der Waals surface area contributed by atoms with E-state index < -0.39 is 0 Å². The first-order valence-corrected chi connectivity index (χ1v) is 8.17. The van der Waals surface area contributed by atoms with E-state index >= 15 is 0 Å². The number of aryl methyl sites for hydroxylation is 2. The van der Waals surface area contributed by atoms with Gasteiger partial charge in [0.1, 0.15) is 0 Å². The molecule has 0 aromatic heterocycles. The molecule has 1 nitrogen and oxygen atoms in total. The first-order valence-electron chi connectivity index (χ1n) is 7.09. The summed E-state index contributed by atoms with van der Waals surface area (Å²) in [5.74, 6) is 0. The fourth-order valence-electron chi connectivity index (χ4n) is 2.15. The van der Waals surface area contributed by atoms with Crippen molar-refractivity contribution in [3.05, 3.63) is 34.4 Å². The van der Waals surface area contributed by atoms with E-state index in [9.17, 15) is 4.79 Å². The maximum absolute atomic E-state index is 12.4. The summed E-state index contributed by atoms with van der Waals surface area (Å²) < 4.78 is 0. The monoisotopic (exact) mass is 285 g/mol. The van der Waals surface area contributed by atoms with Gasteiger partial charge in [-0.05, 0) is 56.6 Å². The van der Waals surface area contributed by atoms with Gasteiger partial charge in [0.2, 0.25) is 0 Å². The Morgan fingerprint density at radius 3 is 2.00 bits per heavy atom. The normalized spacial score (nSPS) is 13.3. The molecule has 0 fully saturated rings. The van der Waals surface area contributed by atoms with Crippen LogP contribution in [0, 0.1) is 13.8 Å². The molecule has 0 N–H and O–H groups in total. The topological polar surface area (TPSA) is 17.1 Å². The molecule has 1 radical (unpaired) electrons. The number of carbonyl (C=O) groups is 1. The van der Waals surface area contributed by atoms with E-state index in [1.165, 1.54) is 5.56 Å². The fraction of sp³-hybridized carbons (Fsp3) is 0.588. The second kappa shape index (κ2) is 7.79. The minimum absolute atomic E-state index is 0. The van der Waals surface area contributed by atoms with E-state index in [1.807, 2.05) is 0 Å². The van der Waals surface area contributed by atoms with Gasteiger partial charge in [-0.3, -0.25) is 4.79 Å². The quantitative estimate of drug-likeness (QED) is 0.571. The van der Waals surface area contributed by atoms with Crippen molar-refractivity contribution in [2.24, 2.45) is 0 Å². The van der Waals surface area contributed by atoms with Crippen molar-refractivity contribution in [3.63, 3.8) is 0 Å². The van der Waals surface area contributed by atoms with Crippen molar-refractivity contribution in [3.8, 4) is 0 Å². The smallest absolute Gasteiger partial charge is 0.181 e. The minimum atomic E-state index is 0. The van der Waals surface area contributed by atoms with Gasteiger partial charge in [0.25, 0.3) is 0 Å². The Morgan fingerprint density at radius 1 is 1.20 bits per heavy atom. The first-order chi connectivity index (χ1) is 8.66. The standard InChI is InChI=1S/C17H27OP.Li/c1-8-13(4)19-16(18)15-11(2)9-14(10-12(15)3)17(5,6)7;/h9-10,13,19H,8H2,1-7H3;. The molecule has 0 spiro atoms. The van der Waals surface area contributed by atoms with Gasteiger partial charge < -0.3 is 0 Å². The van der Waals surface area contributed by atoms with Crippen LogP contribution in [0.5, 0.6) is 0 Å². The van der Waals surface area contributed by atoms with Crippen LogP contribution in [0.25, 0.3) is 0 Å². The minimum Gasteiger partial charge on any atom is -0.289 e. The van der Waals surface area contributed by atoms with Gasteiger partial charge in [-0.15, -0.1) is 0 Å². The molecule has 20 heavy (non-hydrogen) atoms. The third-order valence-electron chi connectivity index (χ3n) is 3.62. The van der Waals surface area contributed by atoms with Crippen LogP contribution in [0.15, 0.2) is 12.1 Å². The Hall–Kier alpha value is -0.0826. The maximum atomic E-state index is 12.4. The van der Waals surface area contributed by atoms with Gasteiger partial charge in [-0.2, -0.15) is 0 Å². The third-order valence-corrected chi connectivity index (χ3v) is 5.03. The third kappa shape index (κ3) is 5.03. The van der Waals surface area contributed by atoms with Crippen LogP contribution in [-0.4, -0.2) is 30.0 Å². The summed E-state index contributed by atoms with van der Waals surface area (Å²) in [7, 11) is 0.395. The van der Waals surface area contributed by atoms with Crippen molar-refractivity contribution in [1.29, 1.82) is 0 Å². The molecule has 0 aliphatic heterocycles. The van der Waals surface area contributed by atoms with Gasteiger partial charge in [0.05, 0.1) is 0 Å². The van der Waals surface area contributed by atoms with Crippen molar-refractivity contribution in [2.45, 2.75) is 66.0 Å². The summed E-state index contributed by atoms with van der Waals surface area (Å²) in [6.07, 6.45) is 1.07. The zero-order valence-corrected chi connectivity index (χ0v) is 15.3. The number of rotatable bonds is 4. The van der Waals surface area contributed by atoms with Crippen LogP contribution >= 0.6 is 8.58 Å². The van der Waals surface area contributed by atoms with Crippen LogP contribution in [0.4, 0.5) is 0 Å². The van der Waals surface area contributed by atoms with Crippen LogP contribution in [0.3, 0.4) is 0 Å². The van der Waals surface area contributed by atoms with E-state index in [-0.39, 0.29) is 24.3 Å². The molecule has 1 aromatic rings. The second-order valence-corrected chi connectivity index (χ2v) is 8.25. The molecule has 0 heterocycles. The van der Waals surface area contributed by atoms with Crippen molar-refractivity contribution < 1.29 is 4.79 Å². The Bertz CT molecular complexity index is 451. The Kier molecular flexibility index (Phi) is 7.76. The summed E-state index contributed by atoms with van der Waals surface area (Å²) in [4.78, 5) is 12.4. The molecule has 107 valence electrons. The number of hydrogen-bond donors (Lipinski definition) is 0. The zero-order chi connectivity index (χ0) is 14.8. The maximum Gasteiger partial charge on any atom is 0.181 e. The van der Waals surface area contributed by atoms with Gasteiger partial charge in [0, 0.05) is 24.4 Å². The Labute approximate surface area is 138 Å². The van der Waals surface area contributed by atoms with Crippen molar-refractivity contribution in [1.82, 2.24) is 0 Å². The molecule has 0 saturated carbocycles. The summed E-state index contributed by atoms with van der Waals surface area (Å²) in [6, 6.07) is 4.36. The first kappa shape index (κ1) is 19.9. The number of hydrogen-bond acceptors (Lipinski definition) is 1. The van der Waals surface area contributed by atoms with Crippen molar-refractivity contribution >= 4 is 33.0 Å². The largest absolute Gasteiger partial charge is 0.289 e. The van der Waals surface area contributed by atoms with Crippen LogP contribution in [-0.2, 0) is 5.41 Å². The average molecular weight is 285 g/mol. The Morgan fingerprint density at radius 2 is 1.65 bits per heavy atom. The molecule has 2 atom stereocenters. The summed E-state index contributed by atoms with van der Waals surface area (Å²) in [5.41, 5.74) is 5.48. The number of benzene rings is 1. The molecule has 1 aromatic carbocycles. The van der Waals surface area contributed by atoms with Crippen molar-refractivity contribution in [2.75, 3.05) is 0 Å². The zero-order valence-electron chi connectivity index (χ0n) is 14.3. The van der Waals surface area contributed by atoms with E-state index in [4.69, 9.17) is 0 Å². The molecule has 0 amide bonds. The average Bonchev–Trinajstić information content (AvgIpc) is 2.26. The molecule has 0 bridgehead atoms. The molecule has 1 rings (SSSR count). The van der Waals surface area contributed by atoms with Gasteiger partial charge in [-0.1, -0.05) is 46.8 Å². The molecule has 2 unspecified atom stereocenters. The molecule has 0 saturated heterocycles. The Balaban J connectivity index is 0.00000361. The van der Waals surface area contributed by atoms with E-state index in [0.717, 1.165) is 23.1 Å². The summed E-state index contributed by atoms with van der Waals surface area (Å²) in [5, 5.41) is 0. The summed E-state index contributed by atoms with van der Waals surface area (Å²) >= 11 is 0.